The summed E-state index contributed by atoms with van der Waals surface area (Å²) in [6.07, 6.45) is 0. The fraction of sp³-hybridized carbons (Fsp3) is 0. The molecule has 0 unspecified atom stereocenters. The van der Waals surface area contributed by atoms with E-state index in [2.05, 4.69) is 37.2 Å². The molecule has 0 saturated heterocycles. The van der Waals surface area contributed by atoms with Crippen molar-refractivity contribution in [1.29, 1.82) is 0 Å². The number of halogens is 3. The topological polar surface area (TPSA) is 66.4 Å². The Labute approximate surface area is 136 Å². The Hall–Kier alpha value is -1.73. The van der Waals surface area contributed by atoms with Gasteiger partial charge in [-0.15, -0.1) is 0 Å². The highest BCUT2D eigenvalue weighted by Crippen LogP contribution is 2.24. The minimum Gasteiger partial charge on any atom is -0.478 e. The molecular weight excluding hydrogens is 409 g/mol. The number of aromatic carboxylic acids is 1. The summed E-state index contributed by atoms with van der Waals surface area (Å²) in [4.78, 5) is 22.8. The van der Waals surface area contributed by atoms with E-state index in [0.29, 0.717) is 10.0 Å². The van der Waals surface area contributed by atoms with Crippen molar-refractivity contribution < 1.29 is 19.1 Å². The van der Waals surface area contributed by atoms with E-state index < -0.39 is 17.7 Å². The number of carbonyl (C=O) groups is 2. The average Bonchev–Trinajstić information content (AvgIpc) is 2.40. The number of rotatable bonds is 3. The van der Waals surface area contributed by atoms with Crippen molar-refractivity contribution in [2.24, 2.45) is 0 Å². The van der Waals surface area contributed by atoms with Crippen LogP contribution >= 0.6 is 31.9 Å². The van der Waals surface area contributed by atoms with Crippen LogP contribution in [0.2, 0.25) is 0 Å². The normalized spacial score (nSPS) is 10.2. The number of carbonyl (C=O) groups excluding carboxylic acids is 1. The van der Waals surface area contributed by atoms with Crippen molar-refractivity contribution in [2.75, 3.05) is 5.32 Å². The van der Waals surface area contributed by atoms with E-state index in [1.807, 2.05) is 0 Å². The minimum absolute atomic E-state index is 0.0835. The second-order valence-corrected chi connectivity index (χ2v) is 5.85. The summed E-state index contributed by atoms with van der Waals surface area (Å²) >= 11 is 6.52. The van der Waals surface area contributed by atoms with Gasteiger partial charge in [0, 0.05) is 8.95 Å². The quantitative estimate of drug-likeness (QED) is 0.783. The van der Waals surface area contributed by atoms with Crippen LogP contribution < -0.4 is 5.32 Å². The highest BCUT2D eigenvalue weighted by atomic mass is 79.9. The van der Waals surface area contributed by atoms with Gasteiger partial charge in [0.25, 0.3) is 5.91 Å². The van der Waals surface area contributed by atoms with Crippen LogP contribution in [0.3, 0.4) is 0 Å². The van der Waals surface area contributed by atoms with Crippen LogP contribution in [0.4, 0.5) is 10.1 Å². The zero-order valence-electron chi connectivity index (χ0n) is 10.4. The second kappa shape index (κ2) is 6.36. The van der Waals surface area contributed by atoms with Crippen LogP contribution in [-0.4, -0.2) is 17.0 Å². The smallest absolute Gasteiger partial charge is 0.335 e. The number of hydrogen-bond donors (Lipinski definition) is 2. The average molecular weight is 417 g/mol. The largest absolute Gasteiger partial charge is 0.478 e. The van der Waals surface area contributed by atoms with E-state index in [-0.39, 0.29) is 11.3 Å². The predicted molar refractivity (Wildman–Crippen MR) is 83.2 cm³/mol. The molecule has 0 saturated carbocycles. The maximum atomic E-state index is 13.8. The Morgan fingerprint density at radius 3 is 2.38 bits per heavy atom. The lowest BCUT2D eigenvalue weighted by molar-refractivity contribution is 0.0696. The van der Waals surface area contributed by atoms with Crippen molar-refractivity contribution in [3.8, 4) is 0 Å². The Bertz CT molecular complexity index is 734. The number of benzene rings is 2. The van der Waals surface area contributed by atoms with Crippen molar-refractivity contribution >= 4 is 49.4 Å². The molecule has 0 aliphatic heterocycles. The zero-order valence-corrected chi connectivity index (χ0v) is 13.5. The van der Waals surface area contributed by atoms with E-state index in [1.54, 1.807) is 18.2 Å². The molecule has 7 heteroatoms. The fourth-order valence-corrected chi connectivity index (χ4v) is 2.84. The predicted octanol–water partition coefficient (Wildman–Crippen LogP) is 4.30. The Balaban J connectivity index is 2.25. The number of hydrogen-bond acceptors (Lipinski definition) is 2. The van der Waals surface area contributed by atoms with Gasteiger partial charge in [0.2, 0.25) is 0 Å². The van der Waals surface area contributed by atoms with Crippen LogP contribution in [0, 0.1) is 5.82 Å². The van der Waals surface area contributed by atoms with E-state index in [0.717, 1.165) is 10.5 Å². The molecule has 0 aliphatic carbocycles. The SMILES string of the molecule is O=C(O)c1ccc(NC(=O)c2ccc(Br)cc2Br)c(F)c1. The van der Waals surface area contributed by atoms with Gasteiger partial charge in [0.05, 0.1) is 16.8 Å². The lowest BCUT2D eigenvalue weighted by atomic mass is 10.1. The van der Waals surface area contributed by atoms with Crippen LogP contribution in [0.25, 0.3) is 0 Å². The molecule has 0 spiro atoms. The van der Waals surface area contributed by atoms with E-state index in [9.17, 15) is 14.0 Å². The maximum Gasteiger partial charge on any atom is 0.335 e. The molecule has 2 aromatic carbocycles. The molecule has 1 amide bonds. The molecule has 21 heavy (non-hydrogen) atoms. The Morgan fingerprint density at radius 1 is 1.10 bits per heavy atom. The molecule has 0 heterocycles. The summed E-state index contributed by atoms with van der Waals surface area (Å²) < 4.78 is 15.1. The summed E-state index contributed by atoms with van der Waals surface area (Å²) in [7, 11) is 0. The number of nitrogens with one attached hydrogen (secondary N) is 1. The lowest BCUT2D eigenvalue weighted by Crippen LogP contribution is -2.14. The third-order valence-electron chi connectivity index (χ3n) is 2.64. The van der Waals surface area contributed by atoms with Crippen molar-refractivity contribution in [2.45, 2.75) is 0 Å². The van der Waals surface area contributed by atoms with E-state index in [1.165, 1.54) is 12.1 Å². The number of amides is 1. The third-order valence-corrected chi connectivity index (χ3v) is 3.79. The highest BCUT2D eigenvalue weighted by molar-refractivity contribution is 9.11. The number of anilines is 1. The molecule has 0 fully saturated rings. The van der Waals surface area contributed by atoms with Crippen LogP contribution in [-0.2, 0) is 0 Å². The van der Waals surface area contributed by atoms with Gasteiger partial charge < -0.3 is 10.4 Å². The number of carboxylic acids is 1. The Morgan fingerprint density at radius 2 is 1.81 bits per heavy atom. The monoisotopic (exact) mass is 415 g/mol. The summed E-state index contributed by atoms with van der Waals surface area (Å²) in [5.74, 6) is -2.55. The van der Waals surface area contributed by atoms with Crippen molar-refractivity contribution in [3.63, 3.8) is 0 Å². The van der Waals surface area contributed by atoms with E-state index >= 15 is 0 Å². The van der Waals surface area contributed by atoms with Gasteiger partial charge in [-0.2, -0.15) is 0 Å². The first-order valence-corrected chi connectivity index (χ1v) is 7.26. The molecule has 2 aromatic rings. The first-order valence-electron chi connectivity index (χ1n) is 5.67. The molecule has 108 valence electrons. The van der Waals surface area contributed by atoms with Gasteiger partial charge in [-0.3, -0.25) is 4.79 Å². The lowest BCUT2D eigenvalue weighted by Gasteiger charge is -2.08. The molecule has 0 aromatic heterocycles. The standard InChI is InChI=1S/C14H8Br2FNO3/c15-8-2-3-9(10(16)6-8)13(19)18-12-4-1-7(14(20)21)5-11(12)17/h1-6H,(H,18,19)(H,20,21). The van der Waals surface area contributed by atoms with Crippen LogP contribution in [0.5, 0.6) is 0 Å². The van der Waals surface area contributed by atoms with E-state index in [4.69, 9.17) is 5.11 Å². The third kappa shape index (κ3) is 3.68. The van der Waals surface area contributed by atoms with Crippen LogP contribution in [0.15, 0.2) is 45.3 Å². The maximum absolute atomic E-state index is 13.8. The second-order valence-electron chi connectivity index (χ2n) is 4.08. The fourth-order valence-electron chi connectivity index (χ4n) is 1.61. The zero-order chi connectivity index (χ0) is 15.6. The summed E-state index contributed by atoms with van der Waals surface area (Å²) in [5, 5.41) is 11.2. The highest BCUT2D eigenvalue weighted by Gasteiger charge is 2.14. The molecule has 0 atom stereocenters. The van der Waals surface area contributed by atoms with Crippen molar-refractivity contribution in [3.05, 3.63) is 62.3 Å². The number of carboxylic acid groups (broad SMARTS) is 1. The molecule has 2 N–H and O–H groups in total. The van der Waals surface area contributed by atoms with Gasteiger partial charge in [0.1, 0.15) is 5.82 Å². The van der Waals surface area contributed by atoms with Gasteiger partial charge in [0.15, 0.2) is 0 Å². The summed E-state index contributed by atoms with van der Waals surface area (Å²) in [6.45, 7) is 0. The van der Waals surface area contributed by atoms with Gasteiger partial charge >= 0.3 is 5.97 Å². The molecular formula is C14H8Br2FNO3. The minimum atomic E-state index is -1.23. The first-order chi connectivity index (χ1) is 9.88. The summed E-state index contributed by atoms with van der Waals surface area (Å²) in [5.41, 5.74) is 0.0649. The van der Waals surface area contributed by atoms with Gasteiger partial charge in [-0.05, 0) is 52.3 Å². The molecule has 0 aliphatic rings. The Kier molecular flexibility index (Phi) is 4.74. The van der Waals surface area contributed by atoms with Crippen molar-refractivity contribution in [1.82, 2.24) is 0 Å². The molecule has 0 bridgehead atoms. The molecule has 0 radical (unpaired) electrons. The molecule has 4 nitrogen and oxygen atoms in total. The van der Waals surface area contributed by atoms with Gasteiger partial charge in [-0.1, -0.05) is 15.9 Å². The summed E-state index contributed by atoms with van der Waals surface area (Å²) in [6, 6.07) is 8.24. The molecule has 2 rings (SSSR count). The first kappa shape index (κ1) is 15.7. The van der Waals surface area contributed by atoms with Crippen LogP contribution in [0.1, 0.15) is 20.7 Å². The van der Waals surface area contributed by atoms with Gasteiger partial charge in [-0.25, -0.2) is 9.18 Å².